The number of halogens is 3. The summed E-state index contributed by atoms with van der Waals surface area (Å²) in [4.78, 5) is 12.0. The van der Waals surface area contributed by atoms with Crippen LogP contribution in [0.2, 0.25) is 5.02 Å². The zero-order chi connectivity index (χ0) is 14.7. The van der Waals surface area contributed by atoms with Crippen LogP contribution in [0.4, 0.5) is 8.78 Å². The van der Waals surface area contributed by atoms with E-state index < -0.39 is 18.2 Å². The molecule has 0 amide bonds. The molecular weight excluding hydrogens is 294 g/mol. The van der Waals surface area contributed by atoms with Crippen LogP contribution in [0, 0.1) is 5.82 Å². The molecule has 1 heterocycles. The Kier molecular flexibility index (Phi) is 4.33. The van der Waals surface area contributed by atoms with Gasteiger partial charge in [-0.05, 0) is 22.9 Å². The van der Waals surface area contributed by atoms with Crippen molar-refractivity contribution in [3.05, 3.63) is 33.5 Å². The molecule has 0 bridgehead atoms. The minimum Gasteiger partial charge on any atom is -0.495 e. The number of aryl methyl sites for hydroxylation is 1. The molecule has 0 unspecified atom stereocenters. The van der Waals surface area contributed by atoms with Crippen LogP contribution >= 0.6 is 11.6 Å². The molecule has 0 radical (unpaired) electrons. The molecule has 1 aromatic heterocycles. The van der Waals surface area contributed by atoms with E-state index in [9.17, 15) is 13.6 Å². The Hall–Kier alpha value is -1.96. The zero-order valence-corrected chi connectivity index (χ0v) is 11.3. The normalized spacial score (nSPS) is 10.8. The third-order valence-electron chi connectivity index (χ3n) is 2.59. The van der Waals surface area contributed by atoms with Crippen LogP contribution in [0.1, 0.15) is 6.42 Å². The number of alkyl halides is 1. The first kappa shape index (κ1) is 14.4. The predicted molar refractivity (Wildman–Crippen MR) is 67.7 cm³/mol. The first-order chi connectivity index (χ1) is 9.58. The molecule has 0 fully saturated rings. The van der Waals surface area contributed by atoms with Gasteiger partial charge in [-0.15, -0.1) is 0 Å². The maximum absolute atomic E-state index is 13.9. The zero-order valence-electron chi connectivity index (χ0n) is 10.5. The van der Waals surface area contributed by atoms with Crippen molar-refractivity contribution in [2.45, 2.75) is 13.0 Å². The third-order valence-corrected chi connectivity index (χ3v) is 2.89. The molecule has 2 rings (SSSR count). The number of methoxy groups -OCH3 is 1. The molecule has 20 heavy (non-hydrogen) atoms. The maximum atomic E-state index is 13.9. The first-order valence-electron chi connectivity index (χ1n) is 5.70. The van der Waals surface area contributed by atoms with E-state index in [2.05, 4.69) is 10.4 Å². The second kappa shape index (κ2) is 6.00. The van der Waals surface area contributed by atoms with E-state index in [0.717, 1.165) is 15.4 Å². The summed E-state index contributed by atoms with van der Waals surface area (Å²) in [6.45, 7) is -0.510. The van der Waals surface area contributed by atoms with Gasteiger partial charge >= 0.3 is 5.69 Å². The Balaban J connectivity index is 2.47. The summed E-state index contributed by atoms with van der Waals surface area (Å²) in [5.74, 6) is -0.538. The fourth-order valence-corrected chi connectivity index (χ4v) is 1.84. The largest absolute Gasteiger partial charge is 0.495 e. The lowest BCUT2D eigenvalue weighted by Gasteiger charge is -2.06. The van der Waals surface area contributed by atoms with Gasteiger partial charge in [-0.25, -0.2) is 9.18 Å². The molecule has 1 aromatic carbocycles. The van der Waals surface area contributed by atoms with Gasteiger partial charge in [-0.2, -0.15) is 9.36 Å². The van der Waals surface area contributed by atoms with Gasteiger partial charge in [0.1, 0.15) is 11.4 Å². The van der Waals surface area contributed by atoms with Crippen LogP contribution in [0.25, 0.3) is 5.69 Å². The van der Waals surface area contributed by atoms with Crippen LogP contribution in [-0.2, 0) is 6.54 Å². The molecule has 2 aromatic rings. The lowest BCUT2D eigenvalue weighted by atomic mass is 10.3. The molecule has 0 aliphatic rings. The van der Waals surface area contributed by atoms with E-state index in [-0.39, 0.29) is 29.4 Å². The monoisotopic (exact) mass is 304 g/mol. The Bertz CT molecular complexity index is 671. The van der Waals surface area contributed by atoms with Crippen LogP contribution in [0.15, 0.2) is 16.9 Å². The summed E-state index contributed by atoms with van der Waals surface area (Å²) in [5, 5.41) is 7.20. The number of nitrogens with zero attached hydrogens (tertiary/aromatic N) is 4. The molecule has 0 aliphatic heterocycles. The van der Waals surface area contributed by atoms with Gasteiger partial charge in [-0.3, -0.25) is 4.39 Å². The number of ether oxygens (including phenoxy) is 1. The number of hydrogen-bond acceptors (Lipinski definition) is 4. The topological polar surface area (TPSA) is 61.9 Å². The van der Waals surface area contributed by atoms with Crippen LogP contribution in [-0.4, -0.2) is 33.6 Å². The van der Waals surface area contributed by atoms with Crippen molar-refractivity contribution in [2.24, 2.45) is 0 Å². The molecular formula is C11H11ClF2N4O2. The highest BCUT2D eigenvalue weighted by Crippen LogP contribution is 2.28. The van der Waals surface area contributed by atoms with Crippen molar-refractivity contribution in [2.75, 3.05) is 13.8 Å². The minimum absolute atomic E-state index is 0.0711. The Morgan fingerprint density at radius 3 is 2.80 bits per heavy atom. The van der Waals surface area contributed by atoms with Crippen molar-refractivity contribution in [1.82, 2.24) is 19.8 Å². The second-order valence-electron chi connectivity index (χ2n) is 3.88. The van der Waals surface area contributed by atoms with E-state index in [0.29, 0.717) is 0 Å². The summed E-state index contributed by atoms with van der Waals surface area (Å²) < 4.78 is 32.6. The predicted octanol–water partition coefficient (Wildman–Crippen LogP) is 1.59. The van der Waals surface area contributed by atoms with Gasteiger partial charge in [0.05, 0.1) is 25.4 Å². The van der Waals surface area contributed by atoms with Crippen molar-refractivity contribution in [1.29, 1.82) is 0 Å². The van der Waals surface area contributed by atoms with Gasteiger partial charge in [0.2, 0.25) is 0 Å². The summed E-state index contributed by atoms with van der Waals surface area (Å²) in [7, 11) is 1.36. The molecule has 0 saturated carbocycles. The molecule has 0 spiro atoms. The third kappa shape index (κ3) is 2.64. The summed E-state index contributed by atoms with van der Waals surface area (Å²) in [6.07, 6.45) is 0.130. The highest BCUT2D eigenvalue weighted by molar-refractivity contribution is 6.32. The van der Waals surface area contributed by atoms with Crippen molar-refractivity contribution in [3.63, 3.8) is 0 Å². The highest BCUT2D eigenvalue weighted by atomic mass is 35.5. The minimum atomic E-state index is -0.740. The molecule has 6 nitrogen and oxygen atoms in total. The van der Waals surface area contributed by atoms with E-state index in [1.54, 1.807) is 0 Å². The molecule has 0 atom stereocenters. The SMILES string of the molecule is COc1cc(-n2nnn(CCCF)c2=O)c(F)cc1Cl. The number of aromatic nitrogens is 4. The number of hydrogen-bond donors (Lipinski definition) is 0. The van der Waals surface area contributed by atoms with E-state index >= 15 is 0 Å². The van der Waals surface area contributed by atoms with Crippen molar-refractivity contribution < 1.29 is 13.5 Å². The van der Waals surface area contributed by atoms with Gasteiger partial charge in [-0.1, -0.05) is 11.6 Å². The van der Waals surface area contributed by atoms with Gasteiger partial charge in [0.15, 0.2) is 5.82 Å². The number of tetrazole rings is 1. The molecule has 0 N–H and O–H groups in total. The maximum Gasteiger partial charge on any atom is 0.368 e. The smallest absolute Gasteiger partial charge is 0.368 e. The van der Waals surface area contributed by atoms with Gasteiger partial charge in [0, 0.05) is 6.07 Å². The average molecular weight is 305 g/mol. The van der Waals surface area contributed by atoms with Crippen molar-refractivity contribution >= 4 is 11.6 Å². The highest BCUT2D eigenvalue weighted by Gasteiger charge is 2.16. The number of rotatable bonds is 5. The fourth-order valence-electron chi connectivity index (χ4n) is 1.61. The summed E-state index contributed by atoms with van der Waals surface area (Å²) in [5.41, 5.74) is -0.801. The Labute approximate surface area is 117 Å². The standard InChI is InChI=1S/C11H11ClF2N4O2/c1-20-10-6-9(8(14)5-7(10)12)18-11(19)17(15-16-18)4-2-3-13/h5-6H,2-4H2,1H3. The second-order valence-corrected chi connectivity index (χ2v) is 4.28. The lowest BCUT2D eigenvalue weighted by molar-refractivity contribution is 0.413. The summed E-state index contributed by atoms with van der Waals surface area (Å²) >= 11 is 5.77. The molecule has 9 heteroatoms. The number of benzene rings is 1. The molecule has 108 valence electrons. The Morgan fingerprint density at radius 1 is 1.40 bits per heavy atom. The fraction of sp³-hybridized carbons (Fsp3) is 0.364. The van der Waals surface area contributed by atoms with Gasteiger partial charge < -0.3 is 4.74 Å². The lowest BCUT2D eigenvalue weighted by Crippen LogP contribution is -2.25. The van der Waals surface area contributed by atoms with Crippen LogP contribution in [0.5, 0.6) is 5.75 Å². The quantitative estimate of drug-likeness (QED) is 0.841. The molecule has 0 aliphatic carbocycles. The van der Waals surface area contributed by atoms with E-state index in [4.69, 9.17) is 16.3 Å². The first-order valence-corrected chi connectivity index (χ1v) is 6.08. The van der Waals surface area contributed by atoms with Gasteiger partial charge in [0.25, 0.3) is 0 Å². The average Bonchev–Trinajstić information content (AvgIpc) is 2.78. The van der Waals surface area contributed by atoms with Crippen LogP contribution in [0.3, 0.4) is 0 Å². The Morgan fingerprint density at radius 2 is 2.15 bits per heavy atom. The van der Waals surface area contributed by atoms with E-state index in [1.165, 1.54) is 13.2 Å². The van der Waals surface area contributed by atoms with Crippen LogP contribution < -0.4 is 10.4 Å². The summed E-state index contributed by atoms with van der Waals surface area (Å²) in [6, 6.07) is 2.26. The molecule has 0 saturated heterocycles. The van der Waals surface area contributed by atoms with Crippen molar-refractivity contribution in [3.8, 4) is 11.4 Å². The van der Waals surface area contributed by atoms with E-state index in [1.807, 2.05) is 0 Å².